The van der Waals surface area contributed by atoms with E-state index in [1.807, 2.05) is 11.5 Å². The molecule has 1 aromatic carbocycles. The number of primary amides is 1. The summed E-state index contributed by atoms with van der Waals surface area (Å²) in [4.78, 5) is 38.6. The summed E-state index contributed by atoms with van der Waals surface area (Å²) in [5.41, 5.74) is 10.4. The zero-order valence-electron chi connectivity index (χ0n) is 22.3. The predicted octanol–water partition coefficient (Wildman–Crippen LogP) is 5.69. The van der Waals surface area contributed by atoms with Crippen LogP contribution in [0.25, 0.3) is 22.5 Å². The third kappa shape index (κ3) is 5.92. The predicted molar refractivity (Wildman–Crippen MR) is 157 cm³/mol. The number of ether oxygens (including phenoxy) is 1. The molecule has 0 saturated carbocycles. The van der Waals surface area contributed by atoms with Crippen molar-refractivity contribution in [1.82, 2.24) is 14.8 Å². The van der Waals surface area contributed by atoms with Crippen LogP contribution in [-0.2, 0) is 16.1 Å². The van der Waals surface area contributed by atoms with Crippen molar-refractivity contribution in [2.45, 2.75) is 46.3 Å². The van der Waals surface area contributed by atoms with E-state index in [1.165, 1.54) is 22.2 Å². The number of rotatable bonds is 10. The second-order valence-corrected chi connectivity index (χ2v) is 11.7. The Morgan fingerprint density at radius 2 is 1.82 bits per heavy atom. The lowest BCUT2D eigenvalue weighted by Gasteiger charge is -2.10. The van der Waals surface area contributed by atoms with Gasteiger partial charge in [0.25, 0.3) is 5.91 Å². The standard InChI is InChI=1S/C27H29N5O4S3/c1-6-32-24(18-12-37-16(5)21(18)17-10-8-14(3)9-11-17)30-31-27(32)38-13-19(33)29-25-20(26(35)36-7-2)15(4)22(39-25)23(28)34/h8-12H,6-7,13H2,1-5H3,(H2,28,34)(H,29,33). The zero-order valence-corrected chi connectivity index (χ0v) is 24.7. The summed E-state index contributed by atoms with van der Waals surface area (Å²) in [6.45, 7) is 10.2. The number of thioether (sulfide) groups is 1. The topological polar surface area (TPSA) is 129 Å². The van der Waals surface area contributed by atoms with Crippen molar-refractivity contribution >= 4 is 57.2 Å². The van der Waals surface area contributed by atoms with Gasteiger partial charge in [0.2, 0.25) is 5.91 Å². The fraction of sp³-hybridized carbons (Fsp3) is 0.296. The van der Waals surface area contributed by atoms with E-state index in [0.29, 0.717) is 17.3 Å². The number of nitrogens with zero attached hydrogens (tertiary/aromatic N) is 3. The molecule has 2 amide bonds. The van der Waals surface area contributed by atoms with Crippen LogP contribution in [0.4, 0.5) is 5.00 Å². The van der Waals surface area contributed by atoms with Crippen molar-refractivity contribution < 1.29 is 19.1 Å². The molecule has 0 aliphatic rings. The summed E-state index contributed by atoms with van der Waals surface area (Å²) in [5.74, 6) is -0.883. The number of amides is 2. The van der Waals surface area contributed by atoms with E-state index < -0.39 is 11.9 Å². The number of hydrogen-bond acceptors (Lipinski definition) is 9. The largest absolute Gasteiger partial charge is 0.462 e. The Kier molecular flexibility index (Phi) is 8.88. The molecule has 9 nitrogen and oxygen atoms in total. The number of anilines is 1. The minimum Gasteiger partial charge on any atom is -0.462 e. The number of carbonyl (C=O) groups is 3. The van der Waals surface area contributed by atoms with Crippen LogP contribution < -0.4 is 11.1 Å². The quantitative estimate of drug-likeness (QED) is 0.181. The van der Waals surface area contributed by atoms with Crippen molar-refractivity contribution in [3.63, 3.8) is 0 Å². The van der Waals surface area contributed by atoms with Gasteiger partial charge in [-0.05, 0) is 45.7 Å². The maximum Gasteiger partial charge on any atom is 0.341 e. The maximum absolute atomic E-state index is 12.9. The van der Waals surface area contributed by atoms with Gasteiger partial charge in [-0.2, -0.15) is 0 Å². The van der Waals surface area contributed by atoms with Crippen LogP contribution in [0.5, 0.6) is 0 Å². The highest BCUT2D eigenvalue weighted by Crippen LogP contribution is 2.39. The Balaban J connectivity index is 1.55. The summed E-state index contributed by atoms with van der Waals surface area (Å²) in [7, 11) is 0. The van der Waals surface area contributed by atoms with Crippen molar-refractivity contribution in [3.8, 4) is 22.5 Å². The number of thiophene rings is 2. The first-order chi connectivity index (χ1) is 18.7. The SMILES string of the molecule is CCOC(=O)c1c(NC(=O)CSc2nnc(-c3csc(C)c3-c3ccc(C)cc3)n2CC)sc(C(N)=O)c1C. The number of esters is 1. The molecule has 0 spiro atoms. The van der Waals surface area contributed by atoms with Gasteiger partial charge in [-0.1, -0.05) is 41.6 Å². The van der Waals surface area contributed by atoms with E-state index in [1.54, 1.807) is 25.2 Å². The van der Waals surface area contributed by atoms with Gasteiger partial charge in [0.1, 0.15) is 5.00 Å². The second kappa shape index (κ2) is 12.1. The first-order valence-corrected chi connectivity index (χ1v) is 15.0. The van der Waals surface area contributed by atoms with E-state index in [9.17, 15) is 14.4 Å². The van der Waals surface area contributed by atoms with Gasteiger partial charge in [0, 0.05) is 27.9 Å². The number of nitrogens with one attached hydrogen (secondary N) is 1. The van der Waals surface area contributed by atoms with E-state index in [-0.39, 0.29) is 33.7 Å². The zero-order chi connectivity index (χ0) is 28.3. The molecule has 39 heavy (non-hydrogen) atoms. The maximum atomic E-state index is 12.9. The Morgan fingerprint density at radius 3 is 2.46 bits per heavy atom. The average molecular weight is 584 g/mol. The van der Waals surface area contributed by atoms with Crippen molar-refractivity contribution in [1.29, 1.82) is 0 Å². The molecule has 4 rings (SSSR count). The molecule has 0 radical (unpaired) electrons. The summed E-state index contributed by atoms with van der Waals surface area (Å²) < 4.78 is 7.10. The van der Waals surface area contributed by atoms with Crippen LogP contribution in [0.3, 0.4) is 0 Å². The Labute approximate surface area is 238 Å². The summed E-state index contributed by atoms with van der Waals surface area (Å²) in [6, 6.07) is 8.41. The molecule has 0 fully saturated rings. The lowest BCUT2D eigenvalue weighted by molar-refractivity contribution is -0.113. The third-order valence-electron chi connectivity index (χ3n) is 6.02. The van der Waals surface area contributed by atoms with Crippen molar-refractivity contribution in [2.24, 2.45) is 5.73 Å². The number of aryl methyl sites for hydroxylation is 2. The Morgan fingerprint density at radius 1 is 1.10 bits per heavy atom. The first kappa shape index (κ1) is 28.5. The van der Waals surface area contributed by atoms with Gasteiger partial charge in [0.05, 0.1) is 22.8 Å². The summed E-state index contributed by atoms with van der Waals surface area (Å²) in [5, 5.41) is 14.5. The monoisotopic (exact) mass is 583 g/mol. The number of aromatic nitrogens is 3. The fourth-order valence-corrected chi connectivity index (χ4v) is 6.89. The third-order valence-corrected chi connectivity index (χ3v) is 9.12. The molecule has 0 unspecified atom stereocenters. The van der Waals surface area contributed by atoms with E-state index in [0.717, 1.165) is 33.9 Å². The molecule has 4 aromatic rings. The molecule has 0 saturated heterocycles. The van der Waals surface area contributed by atoms with Crippen molar-refractivity contribution in [3.05, 3.63) is 56.1 Å². The highest BCUT2D eigenvalue weighted by Gasteiger charge is 2.26. The van der Waals surface area contributed by atoms with E-state index in [2.05, 4.69) is 59.0 Å². The molecule has 3 heterocycles. The number of carbonyl (C=O) groups excluding carboxylic acids is 3. The normalized spacial score (nSPS) is 11.0. The van der Waals surface area contributed by atoms with Crippen LogP contribution >= 0.6 is 34.4 Å². The molecular formula is C27H29N5O4S3. The lowest BCUT2D eigenvalue weighted by Crippen LogP contribution is -2.17. The minimum absolute atomic E-state index is 0.0245. The van der Waals surface area contributed by atoms with Crippen LogP contribution in [0.15, 0.2) is 34.8 Å². The summed E-state index contributed by atoms with van der Waals surface area (Å²) in [6.07, 6.45) is 0. The van der Waals surface area contributed by atoms with Crippen molar-refractivity contribution in [2.75, 3.05) is 17.7 Å². The van der Waals surface area contributed by atoms with Gasteiger partial charge in [-0.3, -0.25) is 9.59 Å². The molecule has 3 aromatic heterocycles. The average Bonchev–Trinajstić information content (AvgIpc) is 3.57. The molecule has 0 atom stereocenters. The lowest BCUT2D eigenvalue weighted by atomic mass is 10.0. The number of hydrogen-bond donors (Lipinski definition) is 2. The second-order valence-electron chi connectivity index (χ2n) is 8.68. The Hall–Kier alpha value is -3.48. The molecular weight excluding hydrogens is 555 g/mol. The van der Waals surface area contributed by atoms with Gasteiger partial charge in [0.15, 0.2) is 11.0 Å². The Bertz CT molecular complexity index is 1540. The highest BCUT2D eigenvalue weighted by molar-refractivity contribution is 7.99. The summed E-state index contributed by atoms with van der Waals surface area (Å²) >= 11 is 3.87. The van der Waals surface area contributed by atoms with Crippen LogP contribution in [0.1, 0.15) is 49.9 Å². The van der Waals surface area contributed by atoms with Gasteiger partial charge in [-0.25, -0.2) is 4.79 Å². The smallest absolute Gasteiger partial charge is 0.341 e. The molecule has 3 N–H and O–H groups in total. The first-order valence-electron chi connectivity index (χ1n) is 12.3. The highest BCUT2D eigenvalue weighted by atomic mass is 32.2. The number of nitrogens with two attached hydrogens (primary N) is 1. The molecule has 12 heteroatoms. The van der Waals surface area contributed by atoms with Gasteiger partial charge < -0.3 is 20.4 Å². The van der Waals surface area contributed by atoms with Crippen LogP contribution in [0.2, 0.25) is 0 Å². The minimum atomic E-state index is -0.671. The molecule has 0 aliphatic carbocycles. The molecule has 0 aliphatic heterocycles. The van der Waals surface area contributed by atoms with E-state index in [4.69, 9.17) is 10.5 Å². The number of benzene rings is 1. The fourth-order valence-electron chi connectivity index (χ4n) is 4.16. The molecule has 204 valence electrons. The van der Waals surface area contributed by atoms with Crippen LogP contribution in [-0.4, -0.2) is 44.9 Å². The van der Waals surface area contributed by atoms with Crippen LogP contribution in [0, 0.1) is 20.8 Å². The van der Waals surface area contributed by atoms with Gasteiger partial charge in [-0.15, -0.1) is 32.9 Å². The molecule has 0 bridgehead atoms. The van der Waals surface area contributed by atoms with E-state index >= 15 is 0 Å². The van der Waals surface area contributed by atoms with Gasteiger partial charge >= 0.3 is 5.97 Å².